The molecule has 0 aliphatic carbocycles. The number of piperidine rings is 1. The fourth-order valence-corrected chi connectivity index (χ4v) is 5.77. The van der Waals surface area contributed by atoms with Gasteiger partial charge in [-0.1, -0.05) is 25.1 Å². The van der Waals surface area contributed by atoms with Gasteiger partial charge in [0.15, 0.2) is 0 Å². The van der Waals surface area contributed by atoms with Crippen molar-refractivity contribution in [2.75, 3.05) is 24.5 Å². The van der Waals surface area contributed by atoms with Crippen LogP contribution >= 0.6 is 0 Å². The van der Waals surface area contributed by atoms with Gasteiger partial charge in [-0.15, -0.1) is 0 Å². The summed E-state index contributed by atoms with van der Waals surface area (Å²) in [7, 11) is -3.57. The number of amides is 2. The van der Waals surface area contributed by atoms with Crippen LogP contribution in [0.4, 0.5) is 5.69 Å². The number of hydrogen-bond donors (Lipinski definition) is 2. The van der Waals surface area contributed by atoms with Crippen molar-refractivity contribution in [1.29, 1.82) is 0 Å². The van der Waals surface area contributed by atoms with Gasteiger partial charge in [-0.2, -0.15) is 0 Å². The van der Waals surface area contributed by atoms with Gasteiger partial charge in [0.2, 0.25) is 5.91 Å². The molecule has 1 saturated heterocycles. The van der Waals surface area contributed by atoms with Crippen molar-refractivity contribution in [2.45, 2.75) is 31.1 Å². The third kappa shape index (κ3) is 6.76. The Labute approximate surface area is 220 Å². The van der Waals surface area contributed by atoms with E-state index in [2.05, 4.69) is 4.90 Å². The Balaban J connectivity index is 0.000000230. The number of ether oxygens (including phenoxy) is 1. The summed E-state index contributed by atoms with van der Waals surface area (Å²) in [5.41, 5.74) is 6.48. The zero-order valence-electron chi connectivity index (χ0n) is 20.8. The van der Waals surface area contributed by atoms with Gasteiger partial charge < -0.3 is 20.5 Å². The van der Waals surface area contributed by atoms with Crippen molar-refractivity contribution in [2.24, 2.45) is 11.7 Å². The molecule has 1 fully saturated rings. The van der Waals surface area contributed by atoms with Crippen molar-refractivity contribution in [1.82, 2.24) is 4.31 Å². The number of hydrogen-bond acceptors (Lipinski definition) is 8. The molecule has 3 N–H and O–H groups in total. The van der Waals surface area contributed by atoms with Gasteiger partial charge in [0, 0.05) is 49.5 Å². The maximum Gasteiger partial charge on any atom is 0.336 e. The van der Waals surface area contributed by atoms with E-state index < -0.39 is 27.9 Å². The third-order valence-electron chi connectivity index (χ3n) is 6.00. The number of carbonyl (C=O) groups is 4. The topological polar surface area (TPSA) is 164 Å². The molecule has 2 amide bonds. The van der Waals surface area contributed by atoms with Crippen LogP contribution in [0.3, 0.4) is 0 Å². The van der Waals surface area contributed by atoms with E-state index in [1.807, 2.05) is 13.0 Å². The van der Waals surface area contributed by atoms with Crippen molar-refractivity contribution >= 4 is 39.5 Å². The number of carboxylic acids is 1. The van der Waals surface area contributed by atoms with Gasteiger partial charge in [0.1, 0.15) is 10.6 Å². The molecule has 11 nitrogen and oxygen atoms in total. The van der Waals surface area contributed by atoms with Crippen LogP contribution in [0.15, 0.2) is 65.6 Å². The lowest BCUT2D eigenvalue weighted by atomic mass is 9.96. The van der Waals surface area contributed by atoms with E-state index in [1.54, 1.807) is 36.4 Å². The van der Waals surface area contributed by atoms with E-state index >= 15 is 0 Å². The Morgan fingerprint density at radius 2 is 1.76 bits per heavy atom. The molecular weight excluding hydrogens is 514 g/mol. The van der Waals surface area contributed by atoms with Crippen molar-refractivity contribution in [3.63, 3.8) is 0 Å². The molecule has 0 spiro atoms. The standard InChI is InChI=1S/C16H18N2O5.C10H11NO3S/c17-16(22)11-6-8-18(9-7-11)12-2-1-3-13(10-12)23-15(21)5-4-14(19)20;1-2-7-11-10(12)8-5-3-4-6-9(8)15(11,13)14/h1-5,10-11H,6-9H2,(H2,17,22)(H,19,20);3-6H,2,7H2,1H3/b5-4+;. The Morgan fingerprint density at radius 1 is 1.08 bits per heavy atom. The summed E-state index contributed by atoms with van der Waals surface area (Å²) in [5, 5.41) is 8.47. The third-order valence-corrected chi connectivity index (χ3v) is 7.84. The first-order chi connectivity index (χ1) is 18.0. The molecule has 0 aromatic heterocycles. The second-order valence-corrected chi connectivity index (χ2v) is 10.5. The van der Waals surface area contributed by atoms with Gasteiger partial charge in [0.25, 0.3) is 15.9 Å². The molecule has 0 radical (unpaired) electrons. The van der Waals surface area contributed by atoms with Crippen LogP contribution in [0.2, 0.25) is 0 Å². The van der Waals surface area contributed by atoms with E-state index in [1.165, 1.54) is 6.07 Å². The molecule has 202 valence electrons. The molecule has 0 atom stereocenters. The van der Waals surface area contributed by atoms with Crippen LogP contribution in [-0.4, -0.2) is 61.2 Å². The van der Waals surface area contributed by atoms with Crippen molar-refractivity contribution in [3.8, 4) is 5.75 Å². The predicted octanol–water partition coefficient (Wildman–Crippen LogP) is 2.18. The molecular formula is C26H29N3O8S. The van der Waals surface area contributed by atoms with E-state index in [9.17, 15) is 27.6 Å². The number of aliphatic carboxylic acids is 1. The molecule has 4 rings (SSSR count). The summed E-state index contributed by atoms with van der Waals surface area (Å²) < 4.78 is 29.8. The molecule has 0 unspecified atom stereocenters. The maximum absolute atomic E-state index is 11.9. The van der Waals surface area contributed by atoms with Crippen LogP contribution in [0.5, 0.6) is 5.75 Å². The zero-order valence-corrected chi connectivity index (χ0v) is 21.6. The summed E-state index contributed by atoms with van der Waals surface area (Å²) >= 11 is 0. The number of sulfonamides is 1. The normalized spacial score (nSPS) is 16.5. The molecule has 2 aromatic carbocycles. The average Bonchev–Trinajstić information content (AvgIpc) is 3.09. The Morgan fingerprint density at radius 3 is 2.37 bits per heavy atom. The highest BCUT2D eigenvalue weighted by Crippen LogP contribution is 2.30. The van der Waals surface area contributed by atoms with Gasteiger partial charge >= 0.3 is 11.9 Å². The van der Waals surface area contributed by atoms with E-state index in [4.69, 9.17) is 15.6 Å². The summed E-state index contributed by atoms with van der Waals surface area (Å²) in [6.07, 6.45) is 3.59. The highest BCUT2D eigenvalue weighted by Gasteiger charge is 2.39. The molecule has 0 saturated carbocycles. The quantitative estimate of drug-likeness (QED) is 0.302. The van der Waals surface area contributed by atoms with Crippen LogP contribution < -0.4 is 15.4 Å². The first-order valence-electron chi connectivity index (χ1n) is 12.0. The van der Waals surface area contributed by atoms with Crippen LogP contribution in [0.25, 0.3) is 0 Å². The summed E-state index contributed by atoms with van der Waals surface area (Å²) in [4.78, 5) is 47.0. The second-order valence-electron chi connectivity index (χ2n) is 8.63. The first kappa shape index (κ1) is 28.4. The van der Waals surface area contributed by atoms with Gasteiger partial charge in [-0.25, -0.2) is 22.3 Å². The van der Waals surface area contributed by atoms with Crippen LogP contribution in [-0.2, 0) is 24.4 Å². The van der Waals surface area contributed by atoms with Gasteiger partial charge in [-0.05, 0) is 43.5 Å². The number of nitrogens with two attached hydrogens (primary N) is 1. The Kier molecular flexibility index (Phi) is 9.24. The Bertz CT molecular complexity index is 1350. The largest absolute Gasteiger partial charge is 0.478 e. The minimum absolute atomic E-state index is 0.0894. The lowest BCUT2D eigenvalue weighted by Crippen LogP contribution is -2.38. The monoisotopic (exact) mass is 543 g/mol. The molecule has 38 heavy (non-hydrogen) atoms. The molecule has 12 heteroatoms. The second kappa shape index (κ2) is 12.4. The fraction of sp³-hybridized carbons (Fsp3) is 0.308. The van der Waals surface area contributed by atoms with Gasteiger partial charge in [0.05, 0.1) is 5.56 Å². The minimum atomic E-state index is -3.57. The highest BCUT2D eigenvalue weighted by molar-refractivity contribution is 7.90. The fourth-order valence-electron chi connectivity index (χ4n) is 4.11. The number of fused-ring (bicyclic) bond motifs is 1. The van der Waals surface area contributed by atoms with Crippen molar-refractivity contribution < 1.29 is 37.4 Å². The molecule has 2 aliphatic heterocycles. The lowest BCUT2D eigenvalue weighted by Gasteiger charge is -2.32. The number of anilines is 1. The minimum Gasteiger partial charge on any atom is -0.478 e. The number of nitrogens with zero attached hydrogens (tertiary/aromatic N) is 2. The number of carbonyl (C=O) groups excluding carboxylic acids is 3. The smallest absolute Gasteiger partial charge is 0.336 e. The number of benzene rings is 2. The van der Waals surface area contributed by atoms with Crippen LogP contribution in [0.1, 0.15) is 36.5 Å². The summed E-state index contributed by atoms with van der Waals surface area (Å²) in [6, 6.07) is 13.3. The predicted molar refractivity (Wildman–Crippen MR) is 138 cm³/mol. The molecule has 0 bridgehead atoms. The van der Waals surface area contributed by atoms with E-state index in [-0.39, 0.29) is 28.8 Å². The zero-order chi connectivity index (χ0) is 27.9. The lowest BCUT2D eigenvalue weighted by molar-refractivity contribution is -0.133. The average molecular weight is 544 g/mol. The number of carboxylic acid groups (broad SMARTS) is 1. The van der Waals surface area contributed by atoms with Crippen molar-refractivity contribution in [3.05, 3.63) is 66.2 Å². The van der Waals surface area contributed by atoms with E-state index in [0.717, 1.165) is 22.1 Å². The summed E-state index contributed by atoms with van der Waals surface area (Å²) in [6.45, 7) is 3.48. The van der Waals surface area contributed by atoms with E-state index in [0.29, 0.717) is 38.1 Å². The number of rotatable bonds is 7. The number of primary amides is 1. The molecule has 2 aliphatic rings. The van der Waals surface area contributed by atoms with Gasteiger partial charge in [-0.3, -0.25) is 9.59 Å². The summed E-state index contributed by atoms with van der Waals surface area (Å²) in [5.74, 6) is -2.40. The molecule has 2 aromatic rings. The maximum atomic E-state index is 11.9. The molecule has 2 heterocycles. The number of esters is 1. The SMILES string of the molecule is CCCN1C(=O)c2ccccc2S1(=O)=O.NC(=O)C1CCN(c2cccc(OC(=O)/C=C/C(=O)O)c2)CC1. The first-order valence-corrected chi connectivity index (χ1v) is 13.4. The Hall–Kier alpha value is -4.19. The highest BCUT2D eigenvalue weighted by atomic mass is 32.2. The van der Waals surface area contributed by atoms with Crippen LogP contribution in [0, 0.1) is 5.92 Å².